The van der Waals surface area contributed by atoms with E-state index in [-0.39, 0.29) is 60.6 Å². The molecule has 14 nitrogen and oxygen atoms in total. The minimum absolute atomic E-state index is 0.0102. The van der Waals surface area contributed by atoms with Crippen LogP contribution in [0.15, 0.2) is 0 Å². The summed E-state index contributed by atoms with van der Waals surface area (Å²) in [6.07, 6.45) is 11.7. The number of unbranched alkanes of at least 4 members (excludes halogenated alkanes) is 7. The van der Waals surface area contributed by atoms with Gasteiger partial charge in [-0.1, -0.05) is 19.3 Å². The Morgan fingerprint density at radius 3 is 1.84 bits per heavy atom. The van der Waals surface area contributed by atoms with Gasteiger partial charge >= 0.3 is 6.03 Å². The second kappa shape index (κ2) is 26.0. The fraction of sp³-hybridized carbons (Fsp3) is 0.829. The predicted octanol–water partition coefficient (Wildman–Crippen LogP) is 1.79. The third-order valence-electron chi connectivity index (χ3n) is 9.08. The lowest BCUT2D eigenvalue weighted by atomic mass is 10.0. The van der Waals surface area contributed by atoms with E-state index in [4.69, 9.17) is 11.5 Å². The van der Waals surface area contributed by atoms with Gasteiger partial charge in [0.15, 0.2) is 0 Å². The van der Waals surface area contributed by atoms with Gasteiger partial charge in [-0.05, 0) is 84.2 Å². The summed E-state index contributed by atoms with van der Waals surface area (Å²) >= 11 is 1.89. The van der Waals surface area contributed by atoms with Gasteiger partial charge in [0.2, 0.25) is 23.6 Å². The molecule has 6 amide bonds. The van der Waals surface area contributed by atoms with Gasteiger partial charge in [-0.3, -0.25) is 24.0 Å². The number of carbonyl (C=O) groups is 6. The van der Waals surface area contributed by atoms with E-state index in [9.17, 15) is 28.8 Å². The summed E-state index contributed by atoms with van der Waals surface area (Å²) in [6, 6.07) is 0.372. The van der Waals surface area contributed by atoms with Gasteiger partial charge in [-0.25, -0.2) is 4.79 Å². The first-order chi connectivity index (χ1) is 24.1. The Morgan fingerprint density at radius 2 is 1.26 bits per heavy atom. The monoisotopic (exact) mass is 724 g/mol. The first kappa shape index (κ1) is 43.3. The lowest BCUT2D eigenvalue weighted by Gasteiger charge is -2.27. The molecule has 8 N–H and O–H groups in total. The van der Waals surface area contributed by atoms with Crippen LogP contribution >= 0.6 is 11.8 Å². The number of ketones is 1. The van der Waals surface area contributed by atoms with Crippen molar-refractivity contribution in [1.29, 1.82) is 0 Å². The molecule has 2 rings (SSSR count). The summed E-state index contributed by atoms with van der Waals surface area (Å²) in [6.45, 7) is 4.52. The van der Waals surface area contributed by atoms with Crippen molar-refractivity contribution < 1.29 is 28.8 Å². The quantitative estimate of drug-likeness (QED) is 0.0490. The molecule has 2 aliphatic heterocycles. The molecule has 0 aromatic carbocycles. The van der Waals surface area contributed by atoms with Gasteiger partial charge in [0.05, 0.1) is 25.2 Å². The van der Waals surface area contributed by atoms with Gasteiger partial charge in [-0.15, -0.1) is 0 Å². The Morgan fingerprint density at radius 1 is 0.700 bits per heavy atom. The topological polar surface area (TPSA) is 209 Å². The van der Waals surface area contributed by atoms with Crippen molar-refractivity contribution >= 4 is 47.2 Å². The van der Waals surface area contributed by atoms with E-state index in [1.54, 1.807) is 4.90 Å². The fourth-order valence-electron chi connectivity index (χ4n) is 6.24. The third-order valence-corrected chi connectivity index (χ3v) is 10.6. The summed E-state index contributed by atoms with van der Waals surface area (Å²) in [7, 11) is 0. The van der Waals surface area contributed by atoms with Crippen LogP contribution in [0.1, 0.15) is 110 Å². The minimum atomic E-state index is -0.231. The van der Waals surface area contributed by atoms with Crippen LogP contribution in [-0.4, -0.2) is 121 Å². The maximum atomic E-state index is 13.0. The molecule has 0 aromatic heterocycles. The maximum Gasteiger partial charge on any atom is 0.315 e. The SMILES string of the molecule is CC(=O)CN(CCCCN)C(=O)CN(CCCCN)C(=O)CCCCCNC(=O)CCCCCNC(=O)CCCCC1SC[C@@H]2NC(=O)N[C@H]12. The van der Waals surface area contributed by atoms with Crippen LogP contribution in [0.25, 0.3) is 0 Å². The summed E-state index contributed by atoms with van der Waals surface area (Å²) in [5.41, 5.74) is 11.2. The van der Waals surface area contributed by atoms with Crippen molar-refractivity contribution in [3.05, 3.63) is 0 Å². The zero-order chi connectivity index (χ0) is 36.6. The molecular weight excluding hydrogens is 661 g/mol. The minimum Gasteiger partial charge on any atom is -0.356 e. The summed E-state index contributed by atoms with van der Waals surface area (Å²) < 4.78 is 0. The molecule has 1 unspecified atom stereocenters. The van der Waals surface area contributed by atoms with E-state index in [1.807, 2.05) is 11.8 Å². The average molecular weight is 725 g/mol. The molecule has 286 valence electrons. The van der Waals surface area contributed by atoms with E-state index in [1.165, 1.54) is 11.8 Å². The van der Waals surface area contributed by atoms with Crippen molar-refractivity contribution in [2.75, 3.05) is 58.1 Å². The van der Waals surface area contributed by atoms with Crippen LogP contribution in [-0.2, 0) is 24.0 Å². The largest absolute Gasteiger partial charge is 0.356 e. The van der Waals surface area contributed by atoms with Crippen molar-refractivity contribution in [3.8, 4) is 0 Å². The Bertz CT molecular complexity index is 1070. The van der Waals surface area contributed by atoms with Gasteiger partial charge in [0, 0.05) is 56.4 Å². The highest BCUT2D eigenvalue weighted by molar-refractivity contribution is 8.00. The predicted molar refractivity (Wildman–Crippen MR) is 197 cm³/mol. The van der Waals surface area contributed by atoms with Crippen molar-refractivity contribution in [2.24, 2.45) is 11.5 Å². The Labute approximate surface area is 303 Å². The van der Waals surface area contributed by atoms with E-state index >= 15 is 0 Å². The van der Waals surface area contributed by atoms with Crippen LogP contribution < -0.4 is 32.7 Å². The summed E-state index contributed by atoms with van der Waals surface area (Å²) in [5.74, 6) is 0.604. The molecule has 2 saturated heterocycles. The Kier molecular flexibility index (Phi) is 22.5. The molecular formula is C35H64N8O6S. The van der Waals surface area contributed by atoms with E-state index in [0.717, 1.165) is 70.0 Å². The lowest BCUT2D eigenvalue weighted by molar-refractivity contribution is -0.141. The number of Topliss-reactive ketones (excluding diaryl/α,β-unsaturated/α-hetero) is 1. The zero-order valence-electron chi connectivity index (χ0n) is 30.3. The van der Waals surface area contributed by atoms with Crippen LogP contribution in [0.4, 0.5) is 4.79 Å². The molecule has 0 spiro atoms. The molecule has 0 bridgehead atoms. The normalized spacial score (nSPS) is 17.8. The first-order valence-corrected chi connectivity index (χ1v) is 19.9. The Balaban J connectivity index is 1.50. The zero-order valence-corrected chi connectivity index (χ0v) is 31.1. The van der Waals surface area contributed by atoms with Gasteiger partial charge in [0.1, 0.15) is 5.78 Å². The van der Waals surface area contributed by atoms with Gasteiger partial charge in [0.25, 0.3) is 0 Å². The van der Waals surface area contributed by atoms with Gasteiger partial charge in [-0.2, -0.15) is 11.8 Å². The highest BCUT2D eigenvalue weighted by Crippen LogP contribution is 2.33. The molecule has 50 heavy (non-hydrogen) atoms. The van der Waals surface area contributed by atoms with Crippen molar-refractivity contribution in [3.63, 3.8) is 0 Å². The maximum absolute atomic E-state index is 13.0. The summed E-state index contributed by atoms with van der Waals surface area (Å²) in [5, 5.41) is 12.3. The van der Waals surface area contributed by atoms with Crippen LogP contribution in [0.2, 0.25) is 0 Å². The molecule has 2 fully saturated rings. The number of rotatable bonds is 29. The molecule has 2 aliphatic rings. The first-order valence-electron chi connectivity index (χ1n) is 18.8. The van der Waals surface area contributed by atoms with Crippen molar-refractivity contribution in [1.82, 2.24) is 31.1 Å². The molecule has 0 aromatic rings. The number of urea groups is 1. The van der Waals surface area contributed by atoms with Crippen molar-refractivity contribution in [2.45, 2.75) is 127 Å². The second-order valence-electron chi connectivity index (χ2n) is 13.5. The highest BCUT2D eigenvalue weighted by atomic mass is 32.2. The number of fused-ring (bicyclic) bond motifs is 1. The van der Waals surface area contributed by atoms with Gasteiger partial charge < -0.3 is 42.5 Å². The third kappa shape index (κ3) is 18.4. The lowest BCUT2D eigenvalue weighted by Crippen LogP contribution is -2.45. The van der Waals surface area contributed by atoms with E-state index in [0.29, 0.717) is 83.0 Å². The van der Waals surface area contributed by atoms with Crippen LogP contribution in [0.3, 0.4) is 0 Å². The van der Waals surface area contributed by atoms with E-state index in [2.05, 4.69) is 21.3 Å². The molecule has 0 aliphatic carbocycles. The number of nitrogens with two attached hydrogens (primary N) is 2. The van der Waals surface area contributed by atoms with Crippen LogP contribution in [0.5, 0.6) is 0 Å². The number of hydrogen-bond donors (Lipinski definition) is 6. The Hall–Kier alpha value is -2.91. The molecule has 0 saturated carbocycles. The standard InChI is InChI=1S/C35H64N8O6S/c1-27(44)24-42(22-12-8-18-36)33(48)25-43(23-13-9-19-37)32(47)17-5-3-11-21-38-30(45)15-4-2-10-20-39-31(46)16-7-6-14-29-34-28(26-50-29)40-35(49)41-34/h28-29,34H,2-26,36-37H2,1H3,(H,38,45)(H,39,46)(H2,40,41,49)/t28-,29?,34-/m0/s1. The molecule has 2 heterocycles. The second-order valence-corrected chi connectivity index (χ2v) is 14.8. The number of amides is 6. The smallest absolute Gasteiger partial charge is 0.315 e. The average Bonchev–Trinajstić information content (AvgIpc) is 3.64. The molecule has 3 atom stereocenters. The summed E-state index contributed by atoms with van der Waals surface area (Å²) in [4.78, 5) is 76.8. The number of carbonyl (C=O) groups excluding carboxylic acids is 6. The molecule has 0 radical (unpaired) electrons. The number of nitrogens with zero attached hydrogens (tertiary/aromatic N) is 2. The number of thioether (sulfide) groups is 1. The molecule has 15 heteroatoms. The van der Waals surface area contributed by atoms with Crippen LogP contribution in [0, 0.1) is 0 Å². The highest BCUT2D eigenvalue weighted by Gasteiger charge is 2.42. The van der Waals surface area contributed by atoms with E-state index < -0.39 is 0 Å². The number of nitrogens with one attached hydrogen (secondary N) is 4. The number of hydrogen-bond acceptors (Lipinski definition) is 9. The fourth-order valence-corrected chi connectivity index (χ4v) is 7.78.